The smallest absolute Gasteiger partial charge is 0.254 e. The van der Waals surface area contributed by atoms with Crippen LogP contribution in [-0.4, -0.2) is 71.3 Å². The Morgan fingerprint density at radius 2 is 1.75 bits per heavy atom. The van der Waals surface area contributed by atoms with Crippen LogP contribution in [0.15, 0.2) is 48.5 Å². The number of hydrogen-bond acceptors (Lipinski definition) is 6. The number of nitrogens with one attached hydrogen (secondary N) is 1. The maximum absolute atomic E-state index is 12.6. The molecule has 1 aliphatic heterocycles. The van der Waals surface area contributed by atoms with Crippen molar-refractivity contribution in [1.29, 1.82) is 0 Å². The van der Waals surface area contributed by atoms with Crippen molar-refractivity contribution in [2.45, 2.75) is 6.54 Å². The topological polar surface area (TPSA) is 105 Å². The van der Waals surface area contributed by atoms with Crippen LogP contribution in [0.3, 0.4) is 0 Å². The van der Waals surface area contributed by atoms with Gasteiger partial charge in [0.1, 0.15) is 12.3 Å². The highest BCUT2D eigenvalue weighted by atomic mass is 32.2. The van der Waals surface area contributed by atoms with Gasteiger partial charge in [0, 0.05) is 30.8 Å². The minimum atomic E-state index is -3.73. The SMILES string of the molecule is COc1ccccc1CNC(=O)CN(c1ccc(C(=O)N2CCOCC2)cc1)S(C)(=O)=O. The number of nitrogens with zero attached hydrogens (tertiary/aromatic N) is 2. The standard InChI is InChI=1S/C22H27N3O6S/c1-30-20-6-4-3-5-18(20)15-23-21(26)16-25(32(2,28)29)19-9-7-17(8-10-19)22(27)24-11-13-31-14-12-24/h3-10H,11-16H2,1-2H3,(H,23,26). The summed E-state index contributed by atoms with van der Waals surface area (Å²) in [5, 5.41) is 2.72. The van der Waals surface area contributed by atoms with Crippen molar-refractivity contribution < 1.29 is 27.5 Å². The predicted molar refractivity (Wildman–Crippen MR) is 120 cm³/mol. The second kappa shape index (κ2) is 10.5. The van der Waals surface area contributed by atoms with Crippen molar-refractivity contribution in [1.82, 2.24) is 10.2 Å². The molecule has 2 aromatic rings. The van der Waals surface area contributed by atoms with E-state index < -0.39 is 15.9 Å². The monoisotopic (exact) mass is 461 g/mol. The number of ether oxygens (including phenoxy) is 2. The number of amides is 2. The molecule has 0 bridgehead atoms. The van der Waals surface area contributed by atoms with Crippen molar-refractivity contribution in [2.24, 2.45) is 0 Å². The number of carbonyl (C=O) groups excluding carboxylic acids is 2. The fourth-order valence-corrected chi connectivity index (χ4v) is 4.20. The molecule has 1 saturated heterocycles. The van der Waals surface area contributed by atoms with Crippen LogP contribution in [-0.2, 0) is 26.1 Å². The van der Waals surface area contributed by atoms with Gasteiger partial charge in [0.15, 0.2) is 0 Å². The zero-order valence-corrected chi connectivity index (χ0v) is 18.9. The van der Waals surface area contributed by atoms with Gasteiger partial charge in [-0.1, -0.05) is 18.2 Å². The molecule has 0 spiro atoms. The van der Waals surface area contributed by atoms with Gasteiger partial charge in [0.2, 0.25) is 15.9 Å². The molecule has 32 heavy (non-hydrogen) atoms. The van der Waals surface area contributed by atoms with Crippen molar-refractivity contribution in [2.75, 3.05) is 50.5 Å². The van der Waals surface area contributed by atoms with Crippen LogP contribution >= 0.6 is 0 Å². The van der Waals surface area contributed by atoms with Crippen LogP contribution in [0, 0.1) is 0 Å². The van der Waals surface area contributed by atoms with Crippen LogP contribution in [0.4, 0.5) is 5.69 Å². The van der Waals surface area contributed by atoms with Gasteiger partial charge in [-0.3, -0.25) is 13.9 Å². The van der Waals surface area contributed by atoms with Gasteiger partial charge in [0.05, 0.1) is 32.3 Å². The van der Waals surface area contributed by atoms with Crippen molar-refractivity contribution >= 4 is 27.5 Å². The quantitative estimate of drug-likeness (QED) is 0.634. The molecular formula is C22H27N3O6S. The maximum Gasteiger partial charge on any atom is 0.254 e. The average molecular weight is 462 g/mol. The molecule has 1 fully saturated rings. The number of sulfonamides is 1. The molecule has 0 aliphatic carbocycles. The summed E-state index contributed by atoms with van der Waals surface area (Å²) in [6.07, 6.45) is 1.04. The Morgan fingerprint density at radius 1 is 1.09 bits per heavy atom. The molecule has 0 radical (unpaired) electrons. The lowest BCUT2D eigenvalue weighted by Gasteiger charge is -2.27. The summed E-state index contributed by atoms with van der Waals surface area (Å²) in [7, 11) is -2.19. The summed E-state index contributed by atoms with van der Waals surface area (Å²) in [6.45, 7) is 1.84. The Morgan fingerprint density at radius 3 is 2.38 bits per heavy atom. The van der Waals surface area contributed by atoms with Crippen LogP contribution < -0.4 is 14.4 Å². The molecule has 1 N–H and O–H groups in total. The third-order valence-electron chi connectivity index (χ3n) is 5.06. The summed E-state index contributed by atoms with van der Waals surface area (Å²) in [4.78, 5) is 26.8. The van der Waals surface area contributed by atoms with E-state index in [2.05, 4.69) is 5.32 Å². The zero-order valence-electron chi connectivity index (χ0n) is 18.1. The molecule has 9 nitrogen and oxygen atoms in total. The lowest BCUT2D eigenvalue weighted by molar-refractivity contribution is -0.119. The number of morpholine rings is 1. The highest BCUT2D eigenvalue weighted by molar-refractivity contribution is 7.92. The fourth-order valence-electron chi connectivity index (χ4n) is 3.35. The summed E-state index contributed by atoms with van der Waals surface area (Å²) >= 11 is 0. The lowest BCUT2D eigenvalue weighted by atomic mass is 10.1. The highest BCUT2D eigenvalue weighted by Crippen LogP contribution is 2.20. The molecule has 0 saturated carbocycles. The molecule has 2 aromatic carbocycles. The number of anilines is 1. The number of benzene rings is 2. The second-order valence-corrected chi connectivity index (χ2v) is 9.22. The first kappa shape index (κ1) is 23.6. The normalized spacial score (nSPS) is 14.0. The molecule has 0 unspecified atom stereocenters. The third-order valence-corrected chi connectivity index (χ3v) is 6.20. The molecule has 172 valence electrons. The average Bonchev–Trinajstić information content (AvgIpc) is 2.81. The molecule has 0 atom stereocenters. The minimum Gasteiger partial charge on any atom is -0.496 e. The molecule has 3 rings (SSSR count). The van der Waals surface area contributed by atoms with Gasteiger partial charge >= 0.3 is 0 Å². The van der Waals surface area contributed by atoms with E-state index in [1.165, 1.54) is 12.1 Å². The predicted octanol–water partition coefficient (Wildman–Crippen LogP) is 1.25. The molecule has 10 heteroatoms. The van der Waals surface area contributed by atoms with Gasteiger partial charge < -0.3 is 19.7 Å². The fraction of sp³-hybridized carbons (Fsp3) is 0.364. The number of carbonyl (C=O) groups is 2. The third kappa shape index (κ3) is 5.98. The van der Waals surface area contributed by atoms with Crippen molar-refractivity contribution in [3.05, 3.63) is 59.7 Å². The first-order chi connectivity index (χ1) is 15.3. The highest BCUT2D eigenvalue weighted by Gasteiger charge is 2.23. The van der Waals surface area contributed by atoms with Crippen molar-refractivity contribution in [3.8, 4) is 5.75 Å². The van der Waals surface area contributed by atoms with E-state index in [4.69, 9.17) is 9.47 Å². The summed E-state index contributed by atoms with van der Waals surface area (Å²) < 4.78 is 36.2. The number of rotatable bonds is 8. The van der Waals surface area contributed by atoms with Crippen LogP contribution in [0.5, 0.6) is 5.75 Å². The largest absolute Gasteiger partial charge is 0.496 e. The van der Waals surface area contributed by atoms with Crippen LogP contribution in [0.25, 0.3) is 0 Å². The van der Waals surface area contributed by atoms with E-state index in [0.717, 1.165) is 16.1 Å². The van der Waals surface area contributed by atoms with Gasteiger partial charge in [-0.05, 0) is 30.3 Å². The minimum absolute atomic E-state index is 0.139. The van der Waals surface area contributed by atoms with Gasteiger partial charge in [-0.2, -0.15) is 0 Å². The van der Waals surface area contributed by atoms with E-state index in [9.17, 15) is 18.0 Å². The van der Waals surface area contributed by atoms with Crippen LogP contribution in [0.1, 0.15) is 15.9 Å². The Hall–Kier alpha value is -3.11. The van der Waals surface area contributed by atoms with Crippen molar-refractivity contribution in [3.63, 3.8) is 0 Å². The van der Waals surface area contributed by atoms with E-state index in [1.807, 2.05) is 18.2 Å². The molecule has 1 aliphatic rings. The van der Waals surface area contributed by atoms with E-state index in [0.29, 0.717) is 43.3 Å². The molecule has 0 aromatic heterocycles. The summed E-state index contributed by atoms with van der Waals surface area (Å²) in [6, 6.07) is 13.4. The Kier molecular flexibility index (Phi) is 7.70. The van der Waals surface area contributed by atoms with Gasteiger partial charge in [-0.15, -0.1) is 0 Å². The zero-order chi connectivity index (χ0) is 23.1. The number of para-hydroxylation sites is 1. The molecule has 2 amide bonds. The van der Waals surface area contributed by atoms with E-state index in [1.54, 1.807) is 30.2 Å². The summed E-state index contributed by atoms with van der Waals surface area (Å²) in [5.74, 6) is 0.0309. The number of methoxy groups -OCH3 is 1. The lowest BCUT2D eigenvalue weighted by Crippen LogP contribution is -2.41. The Balaban J connectivity index is 1.68. The second-order valence-electron chi connectivity index (χ2n) is 7.31. The first-order valence-electron chi connectivity index (χ1n) is 10.1. The van der Waals surface area contributed by atoms with E-state index >= 15 is 0 Å². The maximum atomic E-state index is 12.6. The van der Waals surface area contributed by atoms with Gasteiger partial charge in [0.25, 0.3) is 5.91 Å². The molecule has 1 heterocycles. The molecular weight excluding hydrogens is 434 g/mol. The first-order valence-corrected chi connectivity index (χ1v) is 12.0. The number of hydrogen-bond donors (Lipinski definition) is 1. The van der Waals surface area contributed by atoms with E-state index in [-0.39, 0.29) is 19.0 Å². The Bertz CT molecular complexity index is 1050. The van der Waals surface area contributed by atoms with Gasteiger partial charge in [-0.25, -0.2) is 8.42 Å². The summed E-state index contributed by atoms with van der Waals surface area (Å²) in [5.41, 5.74) is 1.53. The Labute approximate surface area is 188 Å². The van der Waals surface area contributed by atoms with Crippen LogP contribution in [0.2, 0.25) is 0 Å².